The van der Waals surface area contributed by atoms with Crippen LogP contribution in [0, 0.1) is 5.92 Å². The van der Waals surface area contributed by atoms with Gasteiger partial charge in [0.25, 0.3) is 5.91 Å². The number of methoxy groups -OCH3 is 1. The molecule has 0 saturated heterocycles. The summed E-state index contributed by atoms with van der Waals surface area (Å²) in [5, 5.41) is 2.80. The Kier molecular flexibility index (Phi) is 6.87. The van der Waals surface area contributed by atoms with Crippen molar-refractivity contribution in [2.24, 2.45) is 10.9 Å². The van der Waals surface area contributed by atoms with Crippen molar-refractivity contribution in [3.63, 3.8) is 0 Å². The van der Waals surface area contributed by atoms with Crippen molar-refractivity contribution in [2.75, 3.05) is 7.11 Å². The van der Waals surface area contributed by atoms with E-state index in [9.17, 15) is 18.0 Å². The lowest BCUT2D eigenvalue weighted by atomic mass is 10.0. The summed E-state index contributed by atoms with van der Waals surface area (Å²) in [4.78, 5) is 16.6. The highest BCUT2D eigenvalue weighted by molar-refractivity contribution is 5.82. The first kappa shape index (κ1) is 22.7. The predicted octanol–water partition coefficient (Wildman–Crippen LogP) is 4.95. The number of rotatable bonds is 9. The third-order valence-corrected chi connectivity index (χ3v) is 4.85. The van der Waals surface area contributed by atoms with E-state index in [-0.39, 0.29) is 23.8 Å². The number of ether oxygens (including phenoxy) is 2. The Hall–Kier alpha value is -3.03. The number of hydrogen-bond acceptors (Lipinski definition) is 4. The van der Waals surface area contributed by atoms with Crippen LogP contribution in [0.1, 0.15) is 43.0 Å². The van der Waals surface area contributed by atoms with E-state index >= 15 is 0 Å². The van der Waals surface area contributed by atoms with Gasteiger partial charge in [0.15, 0.2) is 6.10 Å². The zero-order valence-corrected chi connectivity index (χ0v) is 17.6. The standard InChI is InChI=1S/C23H25F3N2O3/c1-14(2)10-21(22(29)28-12-15-6-4-5-7-20(15)30-3)31-16-8-9-17(19-13-27-19)18(11-16)23(24,25)26/h4-9,11,13-14,19,21H,10,12H2,1-3H3,(H,28,29). The van der Waals surface area contributed by atoms with Gasteiger partial charge in [-0.25, -0.2) is 0 Å². The van der Waals surface area contributed by atoms with E-state index in [1.165, 1.54) is 18.3 Å². The lowest BCUT2D eigenvalue weighted by molar-refractivity contribution is -0.138. The number of carbonyl (C=O) groups excluding carboxylic acids is 1. The van der Waals surface area contributed by atoms with Gasteiger partial charge in [-0.1, -0.05) is 38.1 Å². The molecule has 1 heterocycles. The smallest absolute Gasteiger partial charge is 0.416 e. The van der Waals surface area contributed by atoms with E-state index in [4.69, 9.17) is 9.47 Å². The molecule has 1 aliphatic rings. The monoisotopic (exact) mass is 434 g/mol. The molecular formula is C23H25F3N2O3. The minimum absolute atomic E-state index is 0.00480. The van der Waals surface area contributed by atoms with Crippen LogP contribution in [0.3, 0.4) is 0 Å². The van der Waals surface area contributed by atoms with Gasteiger partial charge >= 0.3 is 6.18 Å². The van der Waals surface area contributed by atoms with E-state index in [1.807, 2.05) is 32.0 Å². The van der Waals surface area contributed by atoms with Gasteiger partial charge in [-0.05, 0) is 36.1 Å². The van der Waals surface area contributed by atoms with Crippen molar-refractivity contribution in [3.8, 4) is 11.5 Å². The first-order chi connectivity index (χ1) is 14.7. The zero-order chi connectivity index (χ0) is 22.6. The van der Waals surface area contributed by atoms with Gasteiger partial charge in [0.05, 0.1) is 12.7 Å². The summed E-state index contributed by atoms with van der Waals surface area (Å²) in [5.41, 5.74) is 0.0703. The zero-order valence-electron chi connectivity index (χ0n) is 17.6. The second-order valence-electron chi connectivity index (χ2n) is 7.76. The number of carbonyl (C=O) groups is 1. The van der Waals surface area contributed by atoms with Crippen LogP contribution in [-0.4, -0.2) is 25.3 Å². The molecule has 0 fully saturated rings. The van der Waals surface area contributed by atoms with Crippen LogP contribution in [-0.2, 0) is 17.5 Å². The van der Waals surface area contributed by atoms with Gasteiger partial charge in [0, 0.05) is 18.3 Å². The van der Waals surface area contributed by atoms with Crippen LogP contribution < -0.4 is 14.8 Å². The third kappa shape index (κ3) is 5.99. The molecule has 2 atom stereocenters. The molecule has 8 heteroatoms. The molecule has 1 amide bonds. The minimum Gasteiger partial charge on any atom is -0.496 e. The Balaban J connectivity index is 1.75. The summed E-state index contributed by atoms with van der Waals surface area (Å²) >= 11 is 0. The Morgan fingerprint density at radius 3 is 2.52 bits per heavy atom. The van der Waals surface area contributed by atoms with E-state index in [0.717, 1.165) is 11.6 Å². The maximum Gasteiger partial charge on any atom is 0.416 e. The number of hydrogen-bond donors (Lipinski definition) is 1. The molecule has 1 aliphatic heterocycles. The maximum absolute atomic E-state index is 13.5. The molecular weight excluding hydrogens is 409 g/mol. The van der Waals surface area contributed by atoms with Crippen molar-refractivity contribution < 1.29 is 27.4 Å². The maximum atomic E-state index is 13.5. The van der Waals surface area contributed by atoms with Crippen molar-refractivity contribution in [1.82, 2.24) is 5.32 Å². The predicted molar refractivity (Wildman–Crippen MR) is 111 cm³/mol. The topological polar surface area (TPSA) is 59.9 Å². The number of aliphatic imine (C=N–C) groups is 1. The van der Waals surface area contributed by atoms with Crippen molar-refractivity contribution in [2.45, 2.75) is 45.1 Å². The van der Waals surface area contributed by atoms with Crippen LogP contribution in [0.4, 0.5) is 13.2 Å². The molecule has 5 nitrogen and oxygen atoms in total. The highest BCUT2D eigenvalue weighted by Gasteiger charge is 2.37. The first-order valence-electron chi connectivity index (χ1n) is 9.99. The molecule has 166 valence electrons. The molecule has 2 aromatic rings. The lowest BCUT2D eigenvalue weighted by Crippen LogP contribution is -2.39. The number of halogens is 3. The fraction of sp³-hybridized carbons (Fsp3) is 0.391. The molecule has 1 N–H and O–H groups in total. The number of nitrogens with zero attached hydrogens (tertiary/aromatic N) is 1. The molecule has 0 aliphatic carbocycles. The Morgan fingerprint density at radius 1 is 1.19 bits per heavy atom. The van der Waals surface area contributed by atoms with Crippen molar-refractivity contribution >= 4 is 12.1 Å². The van der Waals surface area contributed by atoms with Crippen LogP contribution in [0.5, 0.6) is 11.5 Å². The first-order valence-corrected chi connectivity index (χ1v) is 9.99. The molecule has 2 aromatic carbocycles. The number of para-hydroxylation sites is 1. The average Bonchev–Trinajstić information content (AvgIpc) is 3.56. The summed E-state index contributed by atoms with van der Waals surface area (Å²) in [6.07, 6.45) is -3.66. The van der Waals surface area contributed by atoms with E-state index in [2.05, 4.69) is 10.3 Å². The fourth-order valence-electron chi connectivity index (χ4n) is 3.26. The van der Waals surface area contributed by atoms with Gasteiger partial charge in [0.1, 0.15) is 17.5 Å². The number of amides is 1. The quantitative estimate of drug-likeness (QED) is 0.608. The van der Waals surface area contributed by atoms with Crippen LogP contribution >= 0.6 is 0 Å². The molecule has 0 bridgehead atoms. The van der Waals surface area contributed by atoms with Gasteiger partial charge < -0.3 is 14.8 Å². The fourth-order valence-corrected chi connectivity index (χ4v) is 3.26. The van der Waals surface area contributed by atoms with Crippen LogP contribution in [0.25, 0.3) is 0 Å². The second-order valence-corrected chi connectivity index (χ2v) is 7.76. The Morgan fingerprint density at radius 2 is 1.90 bits per heavy atom. The van der Waals surface area contributed by atoms with Crippen molar-refractivity contribution in [3.05, 3.63) is 59.2 Å². The summed E-state index contributed by atoms with van der Waals surface area (Å²) in [6.45, 7) is 4.05. The Bertz CT molecular complexity index is 951. The highest BCUT2D eigenvalue weighted by atomic mass is 19.4. The van der Waals surface area contributed by atoms with Crippen LogP contribution in [0.2, 0.25) is 0 Å². The van der Waals surface area contributed by atoms with Gasteiger partial charge in [-0.15, -0.1) is 0 Å². The van der Waals surface area contributed by atoms with Gasteiger partial charge in [-0.3, -0.25) is 9.79 Å². The largest absolute Gasteiger partial charge is 0.496 e. The molecule has 31 heavy (non-hydrogen) atoms. The number of benzene rings is 2. The van der Waals surface area contributed by atoms with E-state index in [1.54, 1.807) is 13.2 Å². The summed E-state index contributed by atoms with van der Waals surface area (Å²) in [6, 6.07) is 10.5. The normalized spacial score (nSPS) is 16.2. The molecule has 0 radical (unpaired) electrons. The second kappa shape index (κ2) is 9.41. The minimum atomic E-state index is -4.54. The van der Waals surface area contributed by atoms with Crippen molar-refractivity contribution in [1.29, 1.82) is 0 Å². The SMILES string of the molecule is COc1ccccc1CNC(=O)C(CC(C)C)Oc1ccc(C2C=N2)c(C(F)(F)F)c1. The molecule has 0 aromatic heterocycles. The van der Waals surface area contributed by atoms with Crippen LogP contribution in [0.15, 0.2) is 47.5 Å². The molecule has 0 saturated carbocycles. The van der Waals surface area contributed by atoms with E-state index < -0.39 is 29.8 Å². The molecule has 0 spiro atoms. The summed E-state index contributed by atoms with van der Waals surface area (Å²) in [7, 11) is 1.54. The summed E-state index contributed by atoms with van der Waals surface area (Å²) < 4.78 is 51.5. The Labute approximate surface area is 179 Å². The number of alkyl halides is 3. The molecule has 2 unspecified atom stereocenters. The van der Waals surface area contributed by atoms with E-state index in [0.29, 0.717) is 12.2 Å². The summed E-state index contributed by atoms with van der Waals surface area (Å²) in [5.74, 6) is 0.331. The van der Waals surface area contributed by atoms with Gasteiger partial charge in [-0.2, -0.15) is 13.2 Å². The molecule has 3 rings (SSSR count). The third-order valence-electron chi connectivity index (χ3n) is 4.85. The van der Waals surface area contributed by atoms with Gasteiger partial charge in [0.2, 0.25) is 0 Å². The number of nitrogens with one attached hydrogen (secondary N) is 1. The lowest BCUT2D eigenvalue weighted by Gasteiger charge is -2.22. The average molecular weight is 434 g/mol. The highest BCUT2D eigenvalue weighted by Crippen LogP contribution is 2.40.